The van der Waals surface area contributed by atoms with Gasteiger partial charge in [-0.05, 0) is 23.8 Å². The van der Waals surface area contributed by atoms with Gasteiger partial charge in [0.15, 0.2) is 5.72 Å². The number of likely N-dealkylation sites (tertiary alicyclic amines) is 1. The Labute approximate surface area is 127 Å². The van der Waals surface area contributed by atoms with Gasteiger partial charge in [-0.15, -0.1) is 0 Å². The largest absolute Gasteiger partial charge is 0.352 e. The first kappa shape index (κ1) is 13.5. The minimum Gasteiger partial charge on any atom is -0.352 e. The molecule has 0 bridgehead atoms. The molecule has 0 saturated carbocycles. The molecule has 6 heteroatoms. The van der Waals surface area contributed by atoms with E-state index in [-0.39, 0.29) is 17.8 Å². The van der Waals surface area contributed by atoms with Crippen LogP contribution in [0.1, 0.15) is 18.4 Å². The van der Waals surface area contributed by atoms with E-state index in [4.69, 9.17) is 16.3 Å². The van der Waals surface area contributed by atoms with Gasteiger partial charge in [0, 0.05) is 37.5 Å². The summed E-state index contributed by atoms with van der Waals surface area (Å²) in [6, 6.07) is 4.46. The van der Waals surface area contributed by atoms with Gasteiger partial charge in [0.2, 0.25) is 5.91 Å². The van der Waals surface area contributed by atoms with Crippen molar-refractivity contribution in [3.8, 4) is 0 Å². The summed E-state index contributed by atoms with van der Waals surface area (Å²) in [6.07, 6.45) is 1.29. The molecule has 1 aromatic rings. The molecule has 0 aliphatic carbocycles. The van der Waals surface area contributed by atoms with Crippen LogP contribution in [0.25, 0.3) is 0 Å². The summed E-state index contributed by atoms with van der Waals surface area (Å²) in [5.41, 5.74) is 0.314. The number of hydrogen-bond donors (Lipinski definition) is 0. The lowest BCUT2D eigenvalue weighted by Gasteiger charge is -2.31. The van der Waals surface area contributed by atoms with Gasteiger partial charge in [0.1, 0.15) is 5.82 Å². The van der Waals surface area contributed by atoms with Crippen LogP contribution >= 0.6 is 11.6 Å². The fourth-order valence-electron chi connectivity index (χ4n) is 3.95. The maximum Gasteiger partial charge on any atom is 0.226 e. The average molecular weight is 311 g/mol. The average Bonchev–Trinajstić information content (AvgIpc) is 3.08. The van der Waals surface area contributed by atoms with Crippen LogP contribution in [-0.2, 0) is 16.1 Å². The summed E-state index contributed by atoms with van der Waals surface area (Å²) in [5.74, 6) is -0.128. The van der Waals surface area contributed by atoms with Crippen LogP contribution in [0, 0.1) is 5.82 Å². The molecule has 1 amide bonds. The molecule has 112 valence electrons. The van der Waals surface area contributed by atoms with E-state index in [0.717, 1.165) is 18.5 Å². The molecule has 21 heavy (non-hydrogen) atoms. The lowest BCUT2D eigenvalue weighted by atomic mass is 10.1. The van der Waals surface area contributed by atoms with Crippen LogP contribution < -0.4 is 0 Å². The third-order valence-electron chi connectivity index (χ3n) is 4.89. The van der Waals surface area contributed by atoms with Crippen molar-refractivity contribution in [3.63, 3.8) is 0 Å². The molecule has 1 spiro atoms. The number of nitrogens with zero attached hydrogens (tertiary/aromatic N) is 2. The Balaban J connectivity index is 1.60. The minimum absolute atomic E-state index is 0.0480. The first-order valence-corrected chi connectivity index (χ1v) is 7.60. The Hall–Kier alpha value is -1.17. The number of carbonyl (C=O) groups excluding carboxylic acids is 1. The molecule has 3 aliphatic rings. The van der Waals surface area contributed by atoms with Crippen LogP contribution in [0.2, 0.25) is 5.02 Å². The van der Waals surface area contributed by atoms with E-state index >= 15 is 0 Å². The first-order chi connectivity index (χ1) is 10.1. The van der Waals surface area contributed by atoms with Gasteiger partial charge >= 0.3 is 0 Å². The highest BCUT2D eigenvalue weighted by molar-refractivity contribution is 6.31. The van der Waals surface area contributed by atoms with Crippen molar-refractivity contribution in [1.29, 1.82) is 0 Å². The normalized spacial score (nSPS) is 31.8. The highest BCUT2D eigenvalue weighted by Crippen LogP contribution is 2.46. The van der Waals surface area contributed by atoms with E-state index in [9.17, 15) is 9.18 Å². The maximum atomic E-state index is 13.4. The number of rotatable bonds is 2. The van der Waals surface area contributed by atoms with Crippen LogP contribution in [0.4, 0.5) is 4.39 Å². The van der Waals surface area contributed by atoms with Crippen molar-refractivity contribution in [2.45, 2.75) is 31.2 Å². The molecule has 2 atom stereocenters. The molecule has 3 fully saturated rings. The van der Waals surface area contributed by atoms with Gasteiger partial charge in [-0.3, -0.25) is 9.69 Å². The molecule has 0 aromatic heterocycles. The van der Waals surface area contributed by atoms with Gasteiger partial charge in [-0.1, -0.05) is 11.6 Å². The second-order valence-electron chi connectivity index (χ2n) is 5.91. The molecule has 3 aliphatic heterocycles. The molecule has 3 saturated heterocycles. The molecule has 1 aromatic carbocycles. The van der Waals surface area contributed by atoms with Crippen LogP contribution in [0.5, 0.6) is 0 Å². The van der Waals surface area contributed by atoms with Gasteiger partial charge < -0.3 is 9.64 Å². The fourth-order valence-corrected chi connectivity index (χ4v) is 4.13. The van der Waals surface area contributed by atoms with E-state index in [0.29, 0.717) is 31.1 Å². The topological polar surface area (TPSA) is 32.8 Å². The highest BCUT2D eigenvalue weighted by atomic mass is 35.5. The molecule has 3 heterocycles. The summed E-state index contributed by atoms with van der Waals surface area (Å²) in [5, 5.41) is 0.561. The van der Waals surface area contributed by atoms with E-state index in [1.54, 1.807) is 6.07 Å². The van der Waals surface area contributed by atoms with Crippen LogP contribution in [0.3, 0.4) is 0 Å². The number of amides is 1. The second kappa shape index (κ2) is 4.66. The zero-order valence-electron chi connectivity index (χ0n) is 11.5. The van der Waals surface area contributed by atoms with E-state index in [1.165, 1.54) is 12.1 Å². The number of hydrogen-bond acceptors (Lipinski definition) is 3. The molecule has 4 nitrogen and oxygen atoms in total. The van der Waals surface area contributed by atoms with E-state index < -0.39 is 5.72 Å². The van der Waals surface area contributed by atoms with Crippen LogP contribution in [-0.4, -0.2) is 47.2 Å². The van der Waals surface area contributed by atoms with Gasteiger partial charge in [0.05, 0.1) is 12.6 Å². The first-order valence-electron chi connectivity index (χ1n) is 7.22. The second-order valence-corrected chi connectivity index (χ2v) is 6.32. The predicted octanol–water partition coefficient (Wildman–Crippen LogP) is 2.01. The summed E-state index contributed by atoms with van der Waals surface area (Å²) in [4.78, 5) is 16.2. The van der Waals surface area contributed by atoms with Crippen LogP contribution in [0.15, 0.2) is 18.2 Å². The molecule has 0 radical (unpaired) electrons. The number of carbonyl (C=O) groups is 1. The summed E-state index contributed by atoms with van der Waals surface area (Å²) < 4.78 is 19.3. The third kappa shape index (κ3) is 1.91. The van der Waals surface area contributed by atoms with Crippen molar-refractivity contribution in [2.75, 3.05) is 19.7 Å². The van der Waals surface area contributed by atoms with E-state index in [2.05, 4.69) is 4.90 Å². The predicted molar refractivity (Wildman–Crippen MR) is 75.2 cm³/mol. The van der Waals surface area contributed by atoms with E-state index in [1.807, 2.05) is 4.90 Å². The van der Waals surface area contributed by atoms with Crippen molar-refractivity contribution >= 4 is 17.5 Å². The summed E-state index contributed by atoms with van der Waals surface area (Å²) in [7, 11) is 0. The number of halogens is 2. The lowest BCUT2D eigenvalue weighted by Crippen LogP contribution is -2.47. The lowest BCUT2D eigenvalue weighted by molar-refractivity contribution is -0.136. The maximum absolute atomic E-state index is 13.4. The highest BCUT2D eigenvalue weighted by Gasteiger charge is 2.61. The van der Waals surface area contributed by atoms with Crippen molar-refractivity contribution in [1.82, 2.24) is 9.80 Å². The molecule has 0 unspecified atom stereocenters. The SMILES string of the molecule is O=C1C[C@H]2N(Cc3cc(F)ccc3Cl)CC[C@]23OCCN13. The molecular weight excluding hydrogens is 295 g/mol. The smallest absolute Gasteiger partial charge is 0.226 e. The summed E-state index contributed by atoms with van der Waals surface area (Å²) >= 11 is 6.15. The van der Waals surface area contributed by atoms with Crippen molar-refractivity contribution < 1.29 is 13.9 Å². The Bertz CT molecular complexity index is 611. The Morgan fingerprint density at radius 2 is 2.29 bits per heavy atom. The fraction of sp³-hybridized carbons (Fsp3) is 0.533. The number of benzene rings is 1. The Morgan fingerprint density at radius 3 is 3.14 bits per heavy atom. The molecular formula is C15H16ClFN2O2. The zero-order valence-corrected chi connectivity index (χ0v) is 12.3. The molecule has 0 N–H and O–H groups in total. The van der Waals surface area contributed by atoms with Crippen molar-refractivity contribution in [3.05, 3.63) is 34.6 Å². The van der Waals surface area contributed by atoms with Gasteiger partial charge in [-0.25, -0.2) is 4.39 Å². The van der Waals surface area contributed by atoms with Crippen molar-refractivity contribution in [2.24, 2.45) is 0 Å². The third-order valence-corrected chi connectivity index (χ3v) is 5.26. The van der Waals surface area contributed by atoms with Gasteiger partial charge in [-0.2, -0.15) is 0 Å². The standard InChI is InChI=1S/C15H16ClFN2O2/c16-12-2-1-11(17)7-10(12)9-18-4-3-15-13(18)8-14(20)19(15)5-6-21-15/h1-2,7,13H,3-6,8-9H2/t13-,15+/m1/s1. The Morgan fingerprint density at radius 1 is 1.43 bits per heavy atom. The summed E-state index contributed by atoms with van der Waals surface area (Å²) in [6.45, 7) is 2.68. The van der Waals surface area contributed by atoms with Gasteiger partial charge in [0.25, 0.3) is 0 Å². The monoisotopic (exact) mass is 310 g/mol. The zero-order chi connectivity index (χ0) is 14.6. The number of ether oxygens (including phenoxy) is 1. The minimum atomic E-state index is -0.448. The quantitative estimate of drug-likeness (QED) is 0.838. The Kier molecular flexibility index (Phi) is 3.00. The molecule has 4 rings (SSSR count).